The fourth-order valence-corrected chi connectivity index (χ4v) is 2.14. The van der Waals surface area contributed by atoms with E-state index in [9.17, 15) is 9.50 Å². The van der Waals surface area contributed by atoms with Crippen molar-refractivity contribution in [1.29, 1.82) is 0 Å². The summed E-state index contributed by atoms with van der Waals surface area (Å²) in [5, 5.41) is 10.1. The first-order valence-corrected chi connectivity index (χ1v) is 6.39. The zero-order valence-corrected chi connectivity index (χ0v) is 11.5. The lowest BCUT2D eigenvalue weighted by Crippen LogP contribution is -2.03. The predicted molar refractivity (Wildman–Crippen MR) is 71.7 cm³/mol. The van der Waals surface area contributed by atoms with Crippen LogP contribution in [-0.2, 0) is 6.42 Å². The standard InChI is InChI=1S/C14H13BrFNO/c1-9-2-3-11(6-13(9)16)14(18)5-10-4-12(15)8-17-7-10/h2-4,6-8,14,18H,5H2,1H3. The van der Waals surface area contributed by atoms with Gasteiger partial charge in [0.2, 0.25) is 0 Å². The Morgan fingerprint density at radius 2 is 2.11 bits per heavy atom. The van der Waals surface area contributed by atoms with Gasteiger partial charge in [-0.2, -0.15) is 0 Å². The number of aromatic nitrogens is 1. The predicted octanol–water partition coefficient (Wildman–Crippen LogP) is 3.57. The molecule has 1 aromatic carbocycles. The van der Waals surface area contributed by atoms with Gasteiger partial charge in [0.25, 0.3) is 0 Å². The number of rotatable bonds is 3. The largest absolute Gasteiger partial charge is 0.388 e. The van der Waals surface area contributed by atoms with Crippen molar-refractivity contribution < 1.29 is 9.50 Å². The Balaban J connectivity index is 2.16. The van der Waals surface area contributed by atoms with Crippen molar-refractivity contribution in [1.82, 2.24) is 4.98 Å². The summed E-state index contributed by atoms with van der Waals surface area (Å²) >= 11 is 3.33. The molecule has 94 valence electrons. The highest BCUT2D eigenvalue weighted by molar-refractivity contribution is 9.10. The van der Waals surface area contributed by atoms with Gasteiger partial charge in [-0.05, 0) is 51.7 Å². The molecule has 2 rings (SSSR count). The maximum absolute atomic E-state index is 13.4. The summed E-state index contributed by atoms with van der Waals surface area (Å²) in [6.45, 7) is 1.70. The molecule has 1 atom stereocenters. The SMILES string of the molecule is Cc1ccc(C(O)Cc2cncc(Br)c2)cc1F. The van der Waals surface area contributed by atoms with Crippen LogP contribution < -0.4 is 0 Å². The molecule has 4 heteroatoms. The number of halogens is 2. The minimum Gasteiger partial charge on any atom is -0.388 e. The van der Waals surface area contributed by atoms with Crippen molar-refractivity contribution in [2.75, 3.05) is 0 Å². The molecule has 0 saturated carbocycles. The van der Waals surface area contributed by atoms with E-state index in [1.165, 1.54) is 6.07 Å². The second-order valence-corrected chi connectivity index (χ2v) is 5.16. The van der Waals surface area contributed by atoms with E-state index in [-0.39, 0.29) is 5.82 Å². The van der Waals surface area contributed by atoms with Crippen LogP contribution in [0.2, 0.25) is 0 Å². The molecule has 0 aliphatic heterocycles. The lowest BCUT2D eigenvalue weighted by atomic mass is 10.0. The molecule has 1 unspecified atom stereocenters. The Hall–Kier alpha value is -1.26. The Morgan fingerprint density at radius 3 is 2.78 bits per heavy atom. The van der Waals surface area contributed by atoms with Gasteiger partial charge < -0.3 is 5.11 Å². The summed E-state index contributed by atoms with van der Waals surface area (Å²) in [6, 6.07) is 6.69. The van der Waals surface area contributed by atoms with E-state index in [0.717, 1.165) is 10.0 Å². The van der Waals surface area contributed by atoms with Crippen molar-refractivity contribution >= 4 is 15.9 Å². The van der Waals surface area contributed by atoms with Gasteiger partial charge in [0.1, 0.15) is 5.82 Å². The van der Waals surface area contributed by atoms with Crippen LogP contribution in [0.3, 0.4) is 0 Å². The number of benzene rings is 1. The van der Waals surface area contributed by atoms with E-state index in [2.05, 4.69) is 20.9 Å². The molecule has 0 bridgehead atoms. The zero-order valence-electron chi connectivity index (χ0n) is 9.90. The van der Waals surface area contributed by atoms with Gasteiger partial charge in [-0.3, -0.25) is 4.98 Å². The monoisotopic (exact) mass is 309 g/mol. The number of aryl methyl sites for hydroxylation is 1. The summed E-state index contributed by atoms with van der Waals surface area (Å²) in [6.07, 6.45) is 3.06. The molecule has 0 fully saturated rings. The minimum atomic E-state index is -0.726. The molecular formula is C14H13BrFNO. The van der Waals surface area contributed by atoms with Crippen LogP contribution in [0.25, 0.3) is 0 Å². The Kier molecular flexibility index (Phi) is 4.09. The van der Waals surface area contributed by atoms with Gasteiger partial charge in [-0.1, -0.05) is 12.1 Å². The minimum absolute atomic E-state index is 0.293. The van der Waals surface area contributed by atoms with Crippen LogP contribution in [0.15, 0.2) is 41.1 Å². The van der Waals surface area contributed by atoms with Crippen molar-refractivity contribution in [2.24, 2.45) is 0 Å². The van der Waals surface area contributed by atoms with Crippen molar-refractivity contribution in [3.63, 3.8) is 0 Å². The Bertz CT molecular complexity index is 559. The topological polar surface area (TPSA) is 33.1 Å². The molecule has 2 nitrogen and oxygen atoms in total. The van der Waals surface area contributed by atoms with Crippen LogP contribution in [0.4, 0.5) is 4.39 Å². The van der Waals surface area contributed by atoms with Crippen molar-refractivity contribution in [3.05, 3.63) is 63.6 Å². The van der Waals surface area contributed by atoms with Crippen LogP contribution >= 0.6 is 15.9 Å². The highest BCUT2D eigenvalue weighted by Crippen LogP contribution is 2.21. The Labute approximate surface area is 114 Å². The maximum atomic E-state index is 13.4. The molecule has 1 N–H and O–H groups in total. The third-order valence-electron chi connectivity index (χ3n) is 2.77. The molecule has 2 aromatic rings. The maximum Gasteiger partial charge on any atom is 0.126 e. The number of aliphatic hydroxyl groups excluding tert-OH is 1. The molecular weight excluding hydrogens is 297 g/mol. The van der Waals surface area contributed by atoms with Crippen molar-refractivity contribution in [3.8, 4) is 0 Å². The Morgan fingerprint density at radius 1 is 1.33 bits per heavy atom. The first-order valence-electron chi connectivity index (χ1n) is 5.60. The molecule has 0 saturated heterocycles. The molecule has 0 spiro atoms. The van der Waals surface area contributed by atoms with Crippen molar-refractivity contribution in [2.45, 2.75) is 19.4 Å². The number of aliphatic hydroxyl groups is 1. The molecule has 0 radical (unpaired) electrons. The molecule has 1 heterocycles. The van der Waals surface area contributed by atoms with Gasteiger partial charge in [0.15, 0.2) is 0 Å². The lowest BCUT2D eigenvalue weighted by Gasteiger charge is -2.12. The van der Waals surface area contributed by atoms with E-state index in [1.807, 2.05) is 6.07 Å². The summed E-state index contributed by atoms with van der Waals surface area (Å²) in [5.74, 6) is -0.293. The highest BCUT2D eigenvalue weighted by atomic mass is 79.9. The van der Waals surface area contributed by atoms with Crippen LogP contribution in [0.5, 0.6) is 0 Å². The van der Waals surface area contributed by atoms with Gasteiger partial charge in [0.05, 0.1) is 6.10 Å². The number of hydrogen-bond acceptors (Lipinski definition) is 2. The van der Waals surface area contributed by atoms with Gasteiger partial charge in [0, 0.05) is 23.3 Å². The fourth-order valence-electron chi connectivity index (χ4n) is 1.72. The second-order valence-electron chi connectivity index (χ2n) is 4.24. The molecule has 1 aromatic heterocycles. The van der Waals surface area contributed by atoms with E-state index in [0.29, 0.717) is 17.5 Å². The average Bonchev–Trinajstić information content (AvgIpc) is 2.32. The first-order chi connectivity index (χ1) is 8.56. The van der Waals surface area contributed by atoms with Crippen LogP contribution in [-0.4, -0.2) is 10.1 Å². The first kappa shape index (κ1) is 13.2. The summed E-state index contributed by atoms with van der Waals surface area (Å²) < 4.78 is 14.3. The summed E-state index contributed by atoms with van der Waals surface area (Å²) in [4.78, 5) is 4.03. The van der Waals surface area contributed by atoms with Crippen LogP contribution in [0.1, 0.15) is 22.8 Å². The van der Waals surface area contributed by atoms with E-state index < -0.39 is 6.10 Å². The normalized spacial score (nSPS) is 12.4. The van der Waals surface area contributed by atoms with Gasteiger partial charge in [-0.15, -0.1) is 0 Å². The summed E-state index contributed by atoms with van der Waals surface area (Å²) in [5.41, 5.74) is 2.06. The smallest absolute Gasteiger partial charge is 0.126 e. The van der Waals surface area contributed by atoms with E-state index >= 15 is 0 Å². The van der Waals surface area contributed by atoms with E-state index in [1.54, 1.807) is 31.5 Å². The second kappa shape index (κ2) is 5.59. The van der Waals surface area contributed by atoms with Gasteiger partial charge in [-0.25, -0.2) is 4.39 Å². The molecule has 0 amide bonds. The van der Waals surface area contributed by atoms with E-state index in [4.69, 9.17) is 0 Å². The number of pyridine rings is 1. The molecule has 18 heavy (non-hydrogen) atoms. The average molecular weight is 310 g/mol. The third-order valence-corrected chi connectivity index (χ3v) is 3.20. The number of nitrogens with zero attached hydrogens (tertiary/aromatic N) is 1. The number of hydrogen-bond donors (Lipinski definition) is 1. The third kappa shape index (κ3) is 3.15. The molecule has 0 aliphatic carbocycles. The fraction of sp³-hybridized carbons (Fsp3) is 0.214. The highest BCUT2D eigenvalue weighted by Gasteiger charge is 2.11. The van der Waals surface area contributed by atoms with Gasteiger partial charge >= 0.3 is 0 Å². The lowest BCUT2D eigenvalue weighted by molar-refractivity contribution is 0.178. The zero-order chi connectivity index (χ0) is 13.1. The quantitative estimate of drug-likeness (QED) is 0.940. The molecule has 0 aliphatic rings. The summed E-state index contributed by atoms with van der Waals surface area (Å²) in [7, 11) is 0. The van der Waals surface area contributed by atoms with Crippen LogP contribution in [0, 0.1) is 12.7 Å².